The van der Waals surface area contributed by atoms with Crippen molar-refractivity contribution in [3.05, 3.63) is 41.7 Å². The van der Waals surface area contributed by atoms with Crippen LogP contribution in [0.1, 0.15) is 11.1 Å². The molecule has 0 atom stereocenters. The zero-order chi connectivity index (χ0) is 9.97. The lowest BCUT2D eigenvalue weighted by atomic mass is 10.0. The standard InChI is InChI=1S/C11H12N2O/c1-8-6-9(7-12)2-3-10(8)11-4-5-14-13-11/h2-6H,7,12H2,1H3. The maximum atomic E-state index is 5.55. The maximum Gasteiger partial charge on any atom is 0.124 e. The van der Waals surface area contributed by atoms with Gasteiger partial charge in [0.1, 0.15) is 12.0 Å². The summed E-state index contributed by atoms with van der Waals surface area (Å²) in [6, 6.07) is 7.96. The number of benzene rings is 1. The third-order valence-electron chi connectivity index (χ3n) is 2.24. The van der Waals surface area contributed by atoms with Crippen molar-refractivity contribution in [2.45, 2.75) is 13.5 Å². The van der Waals surface area contributed by atoms with Crippen LogP contribution in [-0.4, -0.2) is 5.16 Å². The Balaban J connectivity index is 2.46. The van der Waals surface area contributed by atoms with Gasteiger partial charge in [-0.1, -0.05) is 23.4 Å². The summed E-state index contributed by atoms with van der Waals surface area (Å²) in [5.41, 5.74) is 9.82. The molecule has 1 aromatic carbocycles. The van der Waals surface area contributed by atoms with Crippen LogP contribution in [0.5, 0.6) is 0 Å². The number of hydrogen-bond donors (Lipinski definition) is 1. The highest BCUT2D eigenvalue weighted by Gasteiger charge is 2.04. The summed E-state index contributed by atoms with van der Waals surface area (Å²) in [6.45, 7) is 2.61. The van der Waals surface area contributed by atoms with E-state index < -0.39 is 0 Å². The first kappa shape index (κ1) is 8.97. The molecule has 3 heteroatoms. The molecule has 0 amide bonds. The smallest absolute Gasteiger partial charge is 0.124 e. The van der Waals surface area contributed by atoms with E-state index in [4.69, 9.17) is 10.3 Å². The lowest BCUT2D eigenvalue weighted by Gasteiger charge is -2.03. The summed E-state index contributed by atoms with van der Waals surface area (Å²) in [5.74, 6) is 0. The fourth-order valence-corrected chi connectivity index (χ4v) is 1.49. The van der Waals surface area contributed by atoms with Gasteiger partial charge in [-0.3, -0.25) is 0 Å². The number of nitrogens with two attached hydrogens (primary N) is 1. The molecule has 1 aromatic heterocycles. The van der Waals surface area contributed by atoms with Gasteiger partial charge in [-0.2, -0.15) is 0 Å². The summed E-state index contributed by atoms with van der Waals surface area (Å²) in [5, 5.41) is 3.90. The monoisotopic (exact) mass is 188 g/mol. The highest BCUT2D eigenvalue weighted by Crippen LogP contribution is 2.22. The highest BCUT2D eigenvalue weighted by molar-refractivity contribution is 5.63. The second-order valence-corrected chi connectivity index (χ2v) is 3.24. The summed E-state index contributed by atoms with van der Waals surface area (Å²) in [6.07, 6.45) is 1.58. The van der Waals surface area contributed by atoms with Crippen LogP contribution < -0.4 is 5.73 Å². The molecular formula is C11H12N2O. The average Bonchev–Trinajstić information content (AvgIpc) is 2.70. The molecule has 0 aliphatic heterocycles. The zero-order valence-corrected chi connectivity index (χ0v) is 8.03. The Morgan fingerprint density at radius 3 is 2.79 bits per heavy atom. The van der Waals surface area contributed by atoms with Gasteiger partial charge in [-0.25, -0.2) is 0 Å². The van der Waals surface area contributed by atoms with Crippen LogP contribution >= 0.6 is 0 Å². The van der Waals surface area contributed by atoms with Gasteiger partial charge in [0, 0.05) is 18.2 Å². The molecule has 0 fully saturated rings. The normalized spacial score (nSPS) is 10.4. The van der Waals surface area contributed by atoms with Crippen molar-refractivity contribution in [2.24, 2.45) is 5.73 Å². The van der Waals surface area contributed by atoms with Gasteiger partial charge in [0.2, 0.25) is 0 Å². The third-order valence-corrected chi connectivity index (χ3v) is 2.24. The van der Waals surface area contributed by atoms with Gasteiger partial charge in [0.15, 0.2) is 0 Å². The highest BCUT2D eigenvalue weighted by atomic mass is 16.5. The van der Waals surface area contributed by atoms with E-state index in [-0.39, 0.29) is 0 Å². The van der Waals surface area contributed by atoms with E-state index in [9.17, 15) is 0 Å². The van der Waals surface area contributed by atoms with Crippen LogP contribution in [0.2, 0.25) is 0 Å². The predicted molar refractivity (Wildman–Crippen MR) is 54.6 cm³/mol. The second-order valence-electron chi connectivity index (χ2n) is 3.24. The van der Waals surface area contributed by atoms with Crippen LogP contribution in [0.25, 0.3) is 11.3 Å². The van der Waals surface area contributed by atoms with Crippen LogP contribution in [0.15, 0.2) is 35.1 Å². The van der Waals surface area contributed by atoms with Crippen LogP contribution in [0.4, 0.5) is 0 Å². The molecule has 3 nitrogen and oxygen atoms in total. The van der Waals surface area contributed by atoms with Crippen LogP contribution in [0, 0.1) is 6.92 Å². The number of aryl methyl sites for hydroxylation is 1. The number of nitrogens with zero attached hydrogens (tertiary/aromatic N) is 1. The van der Waals surface area contributed by atoms with Crippen molar-refractivity contribution in [2.75, 3.05) is 0 Å². The number of hydrogen-bond acceptors (Lipinski definition) is 3. The van der Waals surface area contributed by atoms with Gasteiger partial charge >= 0.3 is 0 Å². The molecule has 2 rings (SSSR count). The average molecular weight is 188 g/mol. The zero-order valence-electron chi connectivity index (χ0n) is 8.03. The van der Waals surface area contributed by atoms with Gasteiger partial charge in [-0.15, -0.1) is 0 Å². The fourth-order valence-electron chi connectivity index (χ4n) is 1.49. The molecule has 72 valence electrons. The van der Waals surface area contributed by atoms with Crippen molar-refractivity contribution in [3.8, 4) is 11.3 Å². The van der Waals surface area contributed by atoms with Gasteiger partial charge in [-0.05, 0) is 18.1 Å². The minimum Gasteiger partial charge on any atom is -0.364 e. The molecule has 0 aliphatic rings. The first-order valence-corrected chi connectivity index (χ1v) is 4.51. The first-order chi connectivity index (χ1) is 6.81. The Morgan fingerprint density at radius 2 is 2.21 bits per heavy atom. The summed E-state index contributed by atoms with van der Waals surface area (Å²) < 4.78 is 4.81. The van der Waals surface area contributed by atoms with E-state index in [1.165, 1.54) is 5.56 Å². The molecule has 1 heterocycles. The molecule has 14 heavy (non-hydrogen) atoms. The second kappa shape index (κ2) is 3.64. The Bertz CT molecular complexity index is 421. The molecule has 0 saturated heterocycles. The quantitative estimate of drug-likeness (QED) is 0.785. The Labute approximate surface area is 82.5 Å². The van der Waals surface area contributed by atoms with Crippen molar-refractivity contribution >= 4 is 0 Å². The summed E-state index contributed by atoms with van der Waals surface area (Å²) >= 11 is 0. The van der Waals surface area contributed by atoms with Gasteiger partial charge in [0.25, 0.3) is 0 Å². The van der Waals surface area contributed by atoms with E-state index in [0.29, 0.717) is 6.54 Å². The van der Waals surface area contributed by atoms with Crippen molar-refractivity contribution in [1.29, 1.82) is 0 Å². The minimum absolute atomic E-state index is 0.569. The van der Waals surface area contributed by atoms with Gasteiger partial charge < -0.3 is 10.3 Å². The van der Waals surface area contributed by atoms with Gasteiger partial charge in [0.05, 0.1) is 0 Å². The molecule has 0 radical (unpaired) electrons. The molecule has 0 bridgehead atoms. The SMILES string of the molecule is Cc1cc(CN)ccc1-c1ccon1. The van der Waals surface area contributed by atoms with Crippen molar-refractivity contribution in [1.82, 2.24) is 5.16 Å². The lowest BCUT2D eigenvalue weighted by Crippen LogP contribution is -1.96. The third kappa shape index (κ3) is 1.54. The van der Waals surface area contributed by atoms with E-state index in [1.54, 1.807) is 6.26 Å². The summed E-state index contributed by atoms with van der Waals surface area (Å²) in [4.78, 5) is 0. The largest absolute Gasteiger partial charge is 0.364 e. The maximum absolute atomic E-state index is 5.55. The molecule has 0 unspecified atom stereocenters. The molecule has 2 aromatic rings. The molecule has 0 spiro atoms. The number of aromatic nitrogens is 1. The van der Waals surface area contributed by atoms with E-state index in [0.717, 1.165) is 16.8 Å². The molecule has 2 N–H and O–H groups in total. The Kier molecular flexibility index (Phi) is 2.33. The van der Waals surface area contributed by atoms with E-state index >= 15 is 0 Å². The first-order valence-electron chi connectivity index (χ1n) is 4.51. The number of rotatable bonds is 2. The van der Waals surface area contributed by atoms with E-state index in [1.807, 2.05) is 25.1 Å². The minimum atomic E-state index is 0.569. The lowest BCUT2D eigenvalue weighted by molar-refractivity contribution is 0.422. The van der Waals surface area contributed by atoms with Crippen molar-refractivity contribution < 1.29 is 4.52 Å². The van der Waals surface area contributed by atoms with Crippen LogP contribution in [0.3, 0.4) is 0 Å². The predicted octanol–water partition coefficient (Wildman–Crippen LogP) is 2.11. The molecule has 0 saturated carbocycles. The van der Waals surface area contributed by atoms with Crippen molar-refractivity contribution in [3.63, 3.8) is 0 Å². The topological polar surface area (TPSA) is 52.0 Å². The Hall–Kier alpha value is -1.61. The molecular weight excluding hydrogens is 176 g/mol. The fraction of sp³-hybridized carbons (Fsp3) is 0.182. The summed E-state index contributed by atoms with van der Waals surface area (Å²) in [7, 11) is 0. The van der Waals surface area contributed by atoms with Crippen LogP contribution in [-0.2, 0) is 6.54 Å². The van der Waals surface area contributed by atoms with E-state index in [2.05, 4.69) is 11.2 Å². The molecule has 0 aliphatic carbocycles. The Morgan fingerprint density at radius 1 is 1.36 bits per heavy atom.